The molecular weight excluding hydrogens is 192 g/mol. The number of hydrogen-bond acceptors (Lipinski definition) is 3. The highest BCUT2D eigenvalue weighted by Crippen LogP contribution is 2.17. The van der Waals surface area contributed by atoms with E-state index in [1.54, 1.807) is 12.2 Å². The molecule has 3 heteroatoms. The van der Waals surface area contributed by atoms with Crippen LogP contribution in [0.5, 0.6) is 0 Å². The molecule has 0 aromatic carbocycles. The Morgan fingerprint density at radius 1 is 0.933 bits per heavy atom. The molecule has 0 spiro atoms. The second-order valence-electron chi connectivity index (χ2n) is 3.58. The van der Waals surface area contributed by atoms with Crippen LogP contribution < -0.4 is 0 Å². The van der Waals surface area contributed by atoms with Crippen molar-refractivity contribution in [2.24, 2.45) is 0 Å². The Labute approximate surface area is 92.1 Å². The van der Waals surface area contributed by atoms with Gasteiger partial charge < -0.3 is 14.9 Å². The second kappa shape index (κ2) is 9.90. The van der Waals surface area contributed by atoms with Gasteiger partial charge in [0.05, 0.1) is 25.4 Å². The van der Waals surface area contributed by atoms with Crippen molar-refractivity contribution in [3.05, 3.63) is 25.3 Å². The fourth-order valence-corrected chi connectivity index (χ4v) is 1.29. The summed E-state index contributed by atoms with van der Waals surface area (Å²) in [6, 6.07) is 0. The second-order valence-corrected chi connectivity index (χ2v) is 3.58. The summed E-state index contributed by atoms with van der Waals surface area (Å²) in [5, 5.41) is 17.8. The first-order valence-corrected chi connectivity index (χ1v) is 5.36. The molecule has 2 N–H and O–H groups in total. The zero-order valence-electron chi connectivity index (χ0n) is 9.27. The summed E-state index contributed by atoms with van der Waals surface area (Å²) in [5.74, 6) is 0. The molecule has 3 nitrogen and oxygen atoms in total. The molecule has 0 aromatic rings. The Bertz CT molecular complexity index is 142. The first-order chi connectivity index (χ1) is 7.20. The zero-order chi connectivity index (χ0) is 11.5. The van der Waals surface area contributed by atoms with Gasteiger partial charge in [-0.2, -0.15) is 0 Å². The zero-order valence-corrected chi connectivity index (χ0v) is 9.27. The van der Waals surface area contributed by atoms with E-state index in [2.05, 4.69) is 13.2 Å². The fourth-order valence-electron chi connectivity index (χ4n) is 1.29. The van der Waals surface area contributed by atoms with Crippen molar-refractivity contribution in [2.45, 2.75) is 37.9 Å². The van der Waals surface area contributed by atoms with E-state index < -0.39 is 0 Å². The lowest BCUT2D eigenvalue weighted by Crippen LogP contribution is -2.21. The average molecular weight is 214 g/mol. The Morgan fingerprint density at radius 3 is 1.53 bits per heavy atom. The largest absolute Gasteiger partial charge is 0.393 e. The van der Waals surface area contributed by atoms with Gasteiger partial charge in [-0.1, -0.05) is 12.2 Å². The lowest BCUT2D eigenvalue weighted by atomic mass is 9.95. The molecule has 0 amide bonds. The Balaban J connectivity index is 0.000000265. The normalized spacial score (nSPS) is 24.9. The molecule has 1 saturated carbocycles. The molecule has 1 fully saturated rings. The summed E-state index contributed by atoms with van der Waals surface area (Å²) in [5.41, 5.74) is 0. The lowest BCUT2D eigenvalue weighted by Gasteiger charge is -2.20. The third-order valence-electron chi connectivity index (χ3n) is 2.14. The molecule has 1 aliphatic carbocycles. The van der Waals surface area contributed by atoms with E-state index >= 15 is 0 Å². The van der Waals surface area contributed by atoms with E-state index in [-0.39, 0.29) is 12.2 Å². The van der Waals surface area contributed by atoms with Crippen molar-refractivity contribution >= 4 is 0 Å². The Hall–Kier alpha value is -0.640. The molecule has 0 unspecified atom stereocenters. The van der Waals surface area contributed by atoms with Crippen LogP contribution in [-0.4, -0.2) is 35.6 Å². The minimum absolute atomic E-state index is 0.140. The molecule has 0 aliphatic heterocycles. The number of ether oxygens (including phenoxy) is 1. The van der Waals surface area contributed by atoms with Crippen LogP contribution >= 0.6 is 0 Å². The van der Waals surface area contributed by atoms with E-state index in [1.165, 1.54) is 0 Å². The number of aliphatic hydroxyl groups excluding tert-OH is 2. The van der Waals surface area contributed by atoms with Gasteiger partial charge in [-0.15, -0.1) is 13.2 Å². The highest BCUT2D eigenvalue weighted by atomic mass is 16.5. The monoisotopic (exact) mass is 214 g/mol. The molecule has 0 radical (unpaired) electrons. The Kier molecular flexibility index (Phi) is 9.48. The SMILES string of the molecule is C=CCOCC=C.OC1CCC(O)CC1. The van der Waals surface area contributed by atoms with Gasteiger partial charge in [-0.3, -0.25) is 0 Å². The molecule has 88 valence electrons. The molecule has 1 aliphatic rings. The minimum Gasteiger partial charge on any atom is -0.393 e. The molecule has 0 saturated heterocycles. The van der Waals surface area contributed by atoms with E-state index in [0.29, 0.717) is 13.2 Å². The van der Waals surface area contributed by atoms with Gasteiger partial charge in [0, 0.05) is 0 Å². The predicted molar refractivity (Wildman–Crippen MR) is 61.7 cm³/mol. The highest BCUT2D eigenvalue weighted by molar-refractivity contribution is 4.69. The van der Waals surface area contributed by atoms with Crippen molar-refractivity contribution in [1.82, 2.24) is 0 Å². The first-order valence-electron chi connectivity index (χ1n) is 5.36. The fraction of sp³-hybridized carbons (Fsp3) is 0.667. The molecular formula is C12H22O3. The summed E-state index contributed by atoms with van der Waals surface area (Å²) in [6.07, 6.45) is 6.26. The lowest BCUT2D eigenvalue weighted by molar-refractivity contribution is 0.0541. The molecule has 0 bridgehead atoms. The predicted octanol–water partition coefficient (Wildman–Crippen LogP) is 1.66. The van der Waals surface area contributed by atoms with E-state index in [0.717, 1.165) is 25.7 Å². The van der Waals surface area contributed by atoms with Crippen LogP contribution in [-0.2, 0) is 4.74 Å². The van der Waals surface area contributed by atoms with Crippen LogP contribution in [0, 0.1) is 0 Å². The summed E-state index contributed by atoms with van der Waals surface area (Å²) in [7, 11) is 0. The van der Waals surface area contributed by atoms with Gasteiger partial charge in [0.25, 0.3) is 0 Å². The van der Waals surface area contributed by atoms with Crippen molar-refractivity contribution in [1.29, 1.82) is 0 Å². The van der Waals surface area contributed by atoms with Gasteiger partial charge >= 0.3 is 0 Å². The third-order valence-corrected chi connectivity index (χ3v) is 2.14. The van der Waals surface area contributed by atoms with E-state index in [1.807, 2.05) is 0 Å². The van der Waals surface area contributed by atoms with Crippen molar-refractivity contribution in [3.8, 4) is 0 Å². The molecule has 0 aromatic heterocycles. The Morgan fingerprint density at radius 2 is 1.27 bits per heavy atom. The topological polar surface area (TPSA) is 49.7 Å². The summed E-state index contributed by atoms with van der Waals surface area (Å²) < 4.78 is 4.90. The van der Waals surface area contributed by atoms with Gasteiger partial charge in [0.1, 0.15) is 0 Å². The standard InChI is InChI=1S/C6H12O2.C6H10O/c7-5-1-2-6(8)4-3-5;1-3-5-7-6-4-2/h5-8H,1-4H2;3-4H,1-2,5-6H2. The summed E-state index contributed by atoms with van der Waals surface area (Å²) in [6.45, 7) is 8.18. The van der Waals surface area contributed by atoms with E-state index in [4.69, 9.17) is 14.9 Å². The van der Waals surface area contributed by atoms with Gasteiger partial charge in [0.15, 0.2) is 0 Å². The van der Waals surface area contributed by atoms with Crippen LogP contribution in [0.15, 0.2) is 25.3 Å². The van der Waals surface area contributed by atoms with Crippen LogP contribution in [0.4, 0.5) is 0 Å². The van der Waals surface area contributed by atoms with Gasteiger partial charge in [0.2, 0.25) is 0 Å². The maximum absolute atomic E-state index is 8.92. The first kappa shape index (κ1) is 14.4. The van der Waals surface area contributed by atoms with Crippen molar-refractivity contribution < 1.29 is 14.9 Å². The third kappa shape index (κ3) is 9.66. The highest BCUT2D eigenvalue weighted by Gasteiger charge is 2.15. The van der Waals surface area contributed by atoms with Crippen molar-refractivity contribution in [3.63, 3.8) is 0 Å². The quantitative estimate of drug-likeness (QED) is 0.552. The molecule has 15 heavy (non-hydrogen) atoms. The van der Waals surface area contributed by atoms with Crippen LogP contribution in [0.2, 0.25) is 0 Å². The van der Waals surface area contributed by atoms with Crippen LogP contribution in [0.25, 0.3) is 0 Å². The number of aliphatic hydroxyl groups is 2. The molecule has 0 heterocycles. The minimum atomic E-state index is -0.140. The molecule has 1 rings (SSSR count). The van der Waals surface area contributed by atoms with E-state index in [9.17, 15) is 0 Å². The van der Waals surface area contributed by atoms with Crippen molar-refractivity contribution in [2.75, 3.05) is 13.2 Å². The maximum Gasteiger partial charge on any atom is 0.0649 e. The number of hydrogen-bond donors (Lipinski definition) is 2. The maximum atomic E-state index is 8.92. The average Bonchev–Trinajstić information content (AvgIpc) is 2.24. The van der Waals surface area contributed by atoms with Crippen LogP contribution in [0.1, 0.15) is 25.7 Å². The van der Waals surface area contributed by atoms with Gasteiger partial charge in [-0.05, 0) is 25.7 Å². The van der Waals surface area contributed by atoms with Crippen LogP contribution in [0.3, 0.4) is 0 Å². The summed E-state index contributed by atoms with van der Waals surface area (Å²) >= 11 is 0. The smallest absolute Gasteiger partial charge is 0.0649 e. The van der Waals surface area contributed by atoms with Gasteiger partial charge in [-0.25, -0.2) is 0 Å². The number of rotatable bonds is 4. The molecule has 0 atom stereocenters. The summed E-state index contributed by atoms with van der Waals surface area (Å²) in [4.78, 5) is 0.